The summed E-state index contributed by atoms with van der Waals surface area (Å²) >= 11 is 0. The SMILES string of the molecule is COc1ccc2cc3c(nc2c1)N(c1ccc(C(=O)Nc2cc(C)ccn2)cc1)CC3. The van der Waals surface area contributed by atoms with E-state index in [0.29, 0.717) is 11.4 Å². The van der Waals surface area contributed by atoms with Crippen molar-refractivity contribution in [3.05, 3.63) is 83.6 Å². The first-order chi connectivity index (χ1) is 15.1. The lowest BCUT2D eigenvalue weighted by Crippen LogP contribution is -2.16. The zero-order valence-electron chi connectivity index (χ0n) is 17.4. The molecule has 0 fully saturated rings. The van der Waals surface area contributed by atoms with Crippen molar-refractivity contribution < 1.29 is 9.53 Å². The number of methoxy groups -OCH3 is 1. The number of hydrogen-bond acceptors (Lipinski definition) is 5. The number of carbonyl (C=O) groups is 1. The number of aryl methyl sites for hydroxylation is 1. The number of anilines is 3. The molecule has 6 heteroatoms. The van der Waals surface area contributed by atoms with Gasteiger partial charge in [-0.25, -0.2) is 9.97 Å². The normalized spacial score (nSPS) is 12.6. The van der Waals surface area contributed by atoms with Crippen molar-refractivity contribution in [1.29, 1.82) is 0 Å². The molecule has 0 unspecified atom stereocenters. The molecule has 5 rings (SSSR count). The molecule has 1 N–H and O–H groups in total. The molecule has 31 heavy (non-hydrogen) atoms. The number of aromatic nitrogens is 2. The molecule has 4 aromatic rings. The van der Waals surface area contributed by atoms with Crippen LogP contribution in [0.2, 0.25) is 0 Å². The number of nitrogens with zero attached hydrogens (tertiary/aromatic N) is 3. The number of rotatable bonds is 4. The standard InChI is InChI=1S/C25H22N4O2/c1-16-9-11-26-23(13-16)28-25(30)17-3-6-20(7-4-17)29-12-10-19-14-18-5-8-21(31-2)15-22(18)27-24(19)29/h3-9,11,13-15H,10,12H2,1-2H3,(H,26,28,30). The van der Waals surface area contributed by atoms with E-state index in [1.54, 1.807) is 13.3 Å². The van der Waals surface area contributed by atoms with Crippen molar-refractivity contribution in [2.24, 2.45) is 0 Å². The van der Waals surface area contributed by atoms with Crippen molar-refractivity contribution in [3.8, 4) is 5.75 Å². The third-order valence-electron chi connectivity index (χ3n) is 5.54. The summed E-state index contributed by atoms with van der Waals surface area (Å²) in [4.78, 5) is 23.9. The Kier molecular flexibility index (Phi) is 4.75. The molecular formula is C25H22N4O2. The van der Waals surface area contributed by atoms with Gasteiger partial charge < -0.3 is 15.0 Å². The number of amides is 1. The summed E-state index contributed by atoms with van der Waals surface area (Å²) in [6.45, 7) is 2.82. The van der Waals surface area contributed by atoms with Crippen LogP contribution < -0.4 is 15.0 Å². The molecule has 2 aromatic heterocycles. The number of hydrogen-bond donors (Lipinski definition) is 1. The minimum Gasteiger partial charge on any atom is -0.497 e. The molecule has 0 saturated heterocycles. The van der Waals surface area contributed by atoms with Crippen LogP contribution in [0.1, 0.15) is 21.5 Å². The van der Waals surface area contributed by atoms with Crippen LogP contribution >= 0.6 is 0 Å². The average molecular weight is 410 g/mol. The highest BCUT2D eigenvalue weighted by atomic mass is 16.5. The van der Waals surface area contributed by atoms with Crippen LogP contribution in [0.25, 0.3) is 10.9 Å². The molecule has 1 aliphatic heterocycles. The van der Waals surface area contributed by atoms with Crippen molar-refractivity contribution in [2.75, 3.05) is 23.9 Å². The Morgan fingerprint density at radius 2 is 1.90 bits per heavy atom. The van der Waals surface area contributed by atoms with E-state index in [0.717, 1.165) is 46.7 Å². The first kappa shape index (κ1) is 19.1. The van der Waals surface area contributed by atoms with E-state index in [-0.39, 0.29) is 5.91 Å². The molecule has 2 aromatic carbocycles. The number of benzene rings is 2. The molecule has 154 valence electrons. The topological polar surface area (TPSA) is 67.3 Å². The van der Waals surface area contributed by atoms with Crippen LogP contribution in [0.15, 0.2) is 66.9 Å². The largest absolute Gasteiger partial charge is 0.497 e. The predicted octanol–water partition coefficient (Wildman–Crippen LogP) is 4.89. The Bertz CT molecular complexity index is 1280. The Morgan fingerprint density at radius 1 is 1.06 bits per heavy atom. The fraction of sp³-hybridized carbons (Fsp3) is 0.160. The van der Waals surface area contributed by atoms with Gasteiger partial charge in [0.1, 0.15) is 17.4 Å². The van der Waals surface area contributed by atoms with E-state index in [1.165, 1.54) is 5.56 Å². The summed E-state index contributed by atoms with van der Waals surface area (Å²) in [5, 5.41) is 3.96. The monoisotopic (exact) mass is 410 g/mol. The van der Waals surface area contributed by atoms with Crippen LogP contribution in [0.5, 0.6) is 5.75 Å². The highest BCUT2D eigenvalue weighted by molar-refractivity contribution is 6.04. The van der Waals surface area contributed by atoms with Gasteiger partial charge in [-0.05, 0) is 79.1 Å². The maximum Gasteiger partial charge on any atom is 0.256 e. The molecule has 6 nitrogen and oxygen atoms in total. The quantitative estimate of drug-likeness (QED) is 0.519. The Hall–Kier alpha value is -3.93. The number of fused-ring (bicyclic) bond motifs is 2. The van der Waals surface area contributed by atoms with Gasteiger partial charge in [-0.3, -0.25) is 4.79 Å². The van der Waals surface area contributed by atoms with E-state index in [4.69, 9.17) is 9.72 Å². The molecule has 0 spiro atoms. The van der Waals surface area contributed by atoms with Gasteiger partial charge in [-0.2, -0.15) is 0 Å². The van der Waals surface area contributed by atoms with E-state index in [2.05, 4.69) is 21.3 Å². The van der Waals surface area contributed by atoms with Gasteiger partial charge in [-0.1, -0.05) is 0 Å². The first-order valence-corrected chi connectivity index (χ1v) is 10.2. The third kappa shape index (κ3) is 3.68. The van der Waals surface area contributed by atoms with Crippen molar-refractivity contribution >= 4 is 34.1 Å². The molecule has 1 amide bonds. The van der Waals surface area contributed by atoms with Crippen LogP contribution in [0.4, 0.5) is 17.3 Å². The van der Waals surface area contributed by atoms with Crippen LogP contribution in [-0.2, 0) is 6.42 Å². The Morgan fingerprint density at radius 3 is 2.68 bits per heavy atom. The zero-order chi connectivity index (χ0) is 21.4. The Balaban J connectivity index is 1.39. The highest BCUT2D eigenvalue weighted by Gasteiger charge is 2.23. The smallest absolute Gasteiger partial charge is 0.256 e. The van der Waals surface area contributed by atoms with E-state index in [1.807, 2.05) is 61.5 Å². The summed E-state index contributed by atoms with van der Waals surface area (Å²) in [5.41, 5.74) is 4.78. The summed E-state index contributed by atoms with van der Waals surface area (Å²) in [7, 11) is 1.66. The highest BCUT2D eigenvalue weighted by Crippen LogP contribution is 2.35. The molecule has 0 saturated carbocycles. The molecule has 0 atom stereocenters. The molecule has 0 bridgehead atoms. The first-order valence-electron chi connectivity index (χ1n) is 10.2. The molecule has 0 radical (unpaired) electrons. The fourth-order valence-corrected chi connectivity index (χ4v) is 3.90. The summed E-state index contributed by atoms with van der Waals surface area (Å²) < 4.78 is 5.34. The second-order valence-electron chi connectivity index (χ2n) is 7.65. The number of nitrogens with one attached hydrogen (secondary N) is 1. The molecular weight excluding hydrogens is 388 g/mol. The second-order valence-corrected chi connectivity index (χ2v) is 7.65. The zero-order valence-corrected chi connectivity index (χ0v) is 17.4. The van der Waals surface area contributed by atoms with Gasteiger partial charge in [-0.15, -0.1) is 0 Å². The lowest BCUT2D eigenvalue weighted by molar-refractivity contribution is 0.102. The Labute approximate surface area is 180 Å². The van der Waals surface area contributed by atoms with Crippen LogP contribution in [0, 0.1) is 6.92 Å². The predicted molar refractivity (Wildman–Crippen MR) is 122 cm³/mol. The van der Waals surface area contributed by atoms with Crippen molar-refractivity contribution in [3.63, 3.8) is 0 Å². The second kappa shape index (κ2) is 7.72. The molecule has 0 aliphatic carbocycles. The fourth-order valence-electron chi connectivity index (χ4n) is 3.90. The van der Waals surface area contributed by atoms with Crippen LogP contribution in [0.3, 0.4) is 0 Å². The van der Waals surface area contributed by atoms with Gasteiger partial charge in [0.15, 0.2) is 0 Å². The van der Waals surface area contributed by atoms with E-state index in [9.17, 15) is 4.79 Å². The van der Waals surface area contributed by atoms with Crippen molar-refractivity contribution in [2.45, 2.75) is 13.3 Å². The lowest BCUT2D eigenvalue weighted by atomic mass is 10.1. The summed E-state index contributed by atoms with van der Waals surface area (Å²) in [5.74, 6) is 2.13. The maximum absolute atomic E-state index is 12.6. The van der Waals surface area contributed by atoms with Crippen molar-refractivity contribution in [1.82, 2.24) is 9.97 Å². The van der Waals surface area contributed by atoms with Gasteiger partial charge in [0.05, 0.1) is 12.6 Å². The van der Waals surface area contributed by atoms with E-state index >= 15 is 0 Å². The summed E-state index contributed by atoms with van der Waals surface area (Å²) in [6.07, 6.45) is 2.62. The van der Waals surface area contributed by atoms with Gasteiger partial charge in [0.2, 0.25) is 0 Å². The van der Waals surface area contributed by atoms with Gasteiger partial charge in [0, 0.05) is 35.4 Å². The van der Waals surface area contributed by atoms with Gasteiger partial charge in [0.25, 0.3) is 5.91 Å². The van der Waals surface area contributed by atoms with Crippen LogP contribution in [-0.4, -0.2) is 29.5 Å². The summed E-state index contributed by atoms with van der Waals surface area (Å²) in [6, 6.07) is 19.5. The third-order valence-corrected chi connectivity index (χ3v) is 5.54. The maximum atomic E-state index is 12.6. The minimum absolute atomic E-state index is 0.178. The average Bonchev–Trinajstić information content (AvgIpc) is 3.20. The number of ether oxygens (including phenoxy) is 1. The lowest BCUT2D eigenvalue weighted by Gasteiger charge is -2.19. The number of carbonyl (C=O) groups excluding carboxylic acids is 1. The molecule has 1 aliphatic rings. The molecule has 3 heterocycles. The van der Waals surface area contributed by atoms with E-state index < -0.39 is 0 Å². The number of pyridine rings is 2. The van der Waals surface area contributed by atoms with Gasteiger partial charge >= 0.3 is 0 Å². The minimum atomic E-state index is -0.178.